The Kier molecular flexibility index (Phi) is 1.42. The molecule has 2 rings (SSSR count). The molecule has 0 aromatic rings. The van der Waals surface area contributed by atoms with E-state index in [0.717, 1.165) is 25.7 Å². The molecule has 0 aliphatic carbocycles. The summed E-state index contributed by atoms with van der Waals surface area (Å²) in [6, 6.07) is 0.571. The van der Waals surface area contributed by atoms with Gasteiger partial charge in [0.15, 0.2) is 0 Å². The molecule has 3 heteroatoms. The molecule has 62 valence electrons. The lowest BCUT2D eigenvalue weighted by Crippen LogP contribution is -3.01. The summed E-state index contributed by atoms with van der Waals surface area (Å²) < 4.78 is 0. The zero-order valence-corrected chi connectivity index (χ0v) is 6.51. The third-order valence-corrected chi connectivity index (χ3v) is 3.12. The zero-order chi connectivity index (χ0) is 7.90. The van der Waals surface area contributed by atoms with Crippen LogP contribution in [-0.4, -0.2) is 17.6 Å². The minimum atomic E-state index is -0.847. The summed E-state index contributed by atoms with van der Waals surface area (Å²) in [5.41, 5.74) is -0.525. The van der Waals surface area contributed by atoms with Gasteiger partial charge in [-0.2, -0.15) is 0 Å². The summed E-state index contributed by atoms with van der Waals surface area (Å²) in [5, 5.41) is 12.8. The fourth-order valence-corrected chi connectivity index (χ4v) is 2.45. The van der Waals surface area contributed by atoms with Crippen molar-refractivity contribution in [3.05, 3.63) is 0 Å². The highest BCUT2D eigenvalue weighted by Crippen LogP contribution is 2.28. The molecular weight excluding hydrogens is 142 g/mol. The normalized spacial score (nSPS) is 42.4. The van der Waals surface area contributed by atoms with Gasteiger partial charge < -0.3 is 15.2 Å². The van der Waals surface area contributed by atoms with Crippen LogP contribution >= 0.6 is 0 Å². The van der Waals surface area contributed by atoms with E-state index >= 15 is 0 Å². The van der Waals surface area contributed by atoms with Crippen LogP contribution in [0.2, 0.25) is 0 Å². The Balaban J connectivity index is 2.19. The first-order valence-corrected chi connectivity index (χ1v) is 4.30. The summed E-state index contributed by atoms with van der Waals surface area (Å²) >= 11 is 0. The Morgan fingerprint density at radius 2 is 2.27 bits per heavy atom. The van der Waals surface area contributed by atoms with Gasteiger partial charge in [0.1, 0.15) is 11.5 Å². The van der Waals surface area contributed by atoms with Gasteiger partial charge in [-0.05, 0) is 12.8 Å². The van der Waals surface area contributed by atoms with Crippen molar-refractivity contribution in [3.8, 4) is 0 Å². The molecule has 0 aromatic carbocycles. The third kappa shape index (κ3) is 0.948. The maximum atomic E-state index is 10.8. The van der Waals surface area contributed by atoms with Gasteiger partial charge in [-0.3, -0.25) is 0 Å². The van der Waals surface area contributed by atoms with Crippen molar-refractivity contribution in [1.29, 1.82) is 0 Å². The lowest BCUT2D eigenvalue weighted by atomic mass is 9.91. The standard InChI is InChI=1S/C8H13NO2/c10-7(11)8-4-1-2-6(9-8)3-5-8/h6,9H,1-5H2,(H,10,11)/t6-,8-/m1/s1. The van der Waals surface area contributed by atoms with Gasteiger partial charge in [-0.1, -0.05) is 0 Å². The summed E-state index contributed by atoms with van der Waals surface area (Å²) in [7, 11) is 0. The minimum absolute atomic E-state index is 0.525. The van der Waals surface area contributed by atoms with Gasteiger partial charge >= 0.3 is 0 Å². The molecule has 0 amide bonds. The van der Waals surface area contributed by atoms with E-state index in [0.29, 0.717) is 6.04 Å². The van der Waals surface area contributed by atoms with Crippen LogP contribution in [0.4, 0.5) is 0 Å². The SMILES string of the molecule is O=C([O-])[C@@]12CCC[C@H](CC1)[NH2+]2. The van der Waals surface area contributed by atoms with Crippen molar-refractivity contribution in [2.24, 2.45) is 0 Å². The van der Waals surface area contributed by atoms with Crippen LogP contribution in [0.1, 0.15) is 32.1 Å². The number of carboxylic acids is 1. The molecule has 0 saturated carbocycles. The third-order valence-electron chi connectivity index (χ3n) is 3.12. The Labute approximate surface area is 65.8 Å². The van der Waals surface area contributed by atoms with Gasteiger partial charge in [-0.15, -0.1) is 0 Å². The number of hydrogen-bond donors (Lipinski definition) is 1. The quantitative estimate of drug-likeness (QED) is 0.495. The van der Waals surface area contributed by atoms with E-state index in [1.165, 1.54) is 6.42 Å². The monoisotopic (exact) mass is 155 g/mol. The Bertz CT molecular complexity index is 189. The predicted molar refractivity (Wildman–Crippen MR) is 36.5 cm³/mol. The van der Waals surface area contributed by atoms with Crippen LogP contribution in [0.15, 0.2) is 0 Å². The molecule has 3 nitrogen and oxygen atoms in total. The number of aliphatic carboxylic acids is 1. The smallest absolute Gasteiger partial charge is 0.137 e. The predicted octanol–water partition coefficient (Wildman–Crippen LogP) is -1.62. The second-order valence-electron chi connectivity index (χ2n) is 3.80. The van der Waals surface area contributed by atoms with Crippen molar-refractivity contribution in [3.63, 3.8) is 0 Å². The van der Waals surface area contributed by atoms with E-state index in [1.54, 1.807) is 0 Å². The molecule has 2 heterocycles. The number of piperidine rings is 1. The van der Waals surface area contributed by atoms with Gasteiger partial charge in [-0.25, -0.2) is 0 Å². The number of carbonyl (C=O) groups is 1. The molecule has 2 saturated heterocycles. The van der Waals surface area contributed by atoms with Crippen LogP contribution in [0.25, 0.3) is 0 Å². The van der Waals surface area contributed by atoms with Crippen molar-refractivity contribution >= 4 is 5.97 Å². The molecule has 11 heavy (non-hydrogen) atoms. The van der Waals surface area contributed by atoms with E-state index in [4.69, 9.17) is 0 Å². The second-order valence-corrected chi connectivity index (χ2v) is 3.80. The van der Waals surface area contributed by atoms with Crippen LogP contribution in [0, 0.1) is 0 Å². The molecule has 2 bridgehead atoms. The molecule has 0 unspecified atom stereocenters. The Hall–Kier alpha value is -0.570. The number of carbonyl (C=O) groups excluding carboxylic acids is 1. The molecule has 2 atom stereocenters. The van der Waals surface area contributed by atoms with Gasteiger partial charge in [0, 0.05) is 19.3 Å². The Morgan fingerprint density at radius 3 is 2.91 bits per heavy atom. The van der Waals surface area contributed by atoms with Crippen LogP contribution in [-0.2, 0) is 4.79 Å². The van der Waals surface area contributed by atoms with Gasteiger partial charge in [0.05, 0.1) is 6.04 Å². The first-order chi connectivity index (χ1) is 5.23. The Morgan fingerprint density at radius 1 is 1.45 bits per heavy atom. The fourth-order valence-electron chi connectivity index (χ4n) is 2.45. The van der Waals surface area contributed by atoms with Crippen LogP contribution in [0.3, 0.4) is 0 Å². The average Bonchev–Trinajstić information content (AvgIpc) is 2.29. The highest BCUT2D eigenvalue weighted by atomic mass is 16.4. The van der Waals surface area contributed by atoms with E-state index < -0.39 is 11.5 Å². The molecule has 0 radical (unpaired) electrons. The fraction of sp³-hybridized carbons (Fsp3) is 0.875. The number of fused-ring (bicyclic) bond motifs is 2. The topological polar surface area (TPSA) is 56.7 Å². The van der Waals surface area contributed by atoms with Crippen molar-refractivity contribution in [1.82, 2.24) is 0 Å². The summed E-state index contributed by atoms with van der Waals surface area (Å²) in [6.07, 6.45) is 4.95. The summed E-state index contributed by atoms with van der Waals surface area (Å²) in [6.45, 7) is 0. The molecule has 2 N–H and O–H groups in total. The second kappa shape index (κ2) is 2.21. The first-order valence-electron chi connectivity index (χ1n) is 4.30. The number of nitrogens with two attached hydrogens (primary N) is 1. The lowest BCUT2D eigenvalue weighted by Gasteiger charge is -2.31. The summed E-state index contributed by atoms with van der Waals surface area (Å²) in [5.74, 6) is -0.847. The van der Waals surface area contributed by atoms with Gasteiger partial charge in [0.2, 0.25) is 0 Å². The van der Waals surface area contributed by atoms with Crippen molar-refractivity contribution < 1.29 is 15.2 Å². The minimum Gasteiger partial charge on any atom is -0.544 e. The van der Waals surface area contributed by atoms with Crippen LogP contribution < -0.4 is 10.4 Å². The molecular formula is C8H13NO2. The highest BCUT2D eigenvalue weighted by Gasteiger charge is 2.46. The maximum Gasteiger partial charge on any atom is 0.137 e. The van der Waals surface area contributed by atoms with E-state index in [2.05, 4.69) is 0 Å². The zero-order valence-electron chi connectivity index (χ0n) is 6.51. The molecule has 2 aliphatic heterocycles. The number of hydrogen-bond acceptors (Lipinski definition) is 2. The van der Waals surface area contributed by atoms with Crippen LogP contribution in [0.5, 0.6) is 0 Å². The summed E-state index contributed by atoms with van der Waals surface area (Å²) in [4.78, 5) is 10.8. The van der Waals surface area contributed by atoms with E-state index in [-0.39, 0.29) is 0 Å². The number of carboxylic acid groups (broad SMARTS) is 1. The van der Waals surface area contributed by atoms with Crippen molar-refractivity contribution in [2.75, 3.05) is 0 Å². The largest absolute Gasteiger partial charge is 0.544 e. The van der Waals surface area contributed by atoms with E-state index in [1.807, 2.05) is 5.32 Å². The number of rotatable bonds is 1. The van der Waals surface area contributed by atoms with Gasteiger partial charge in [0.25, 0.3) is 0 Å². The maximum absolute atomic E-state index is 10.8. The molecule has 0 spiro atoms. The van der Waals surface area contributed by atoms with Crippen molar-refractivity contribution in [2.45, 2.75) is 43.7 Å². The number of quaternary nitrogens is 1. The first kappa shape index (κ1) is 7.10. The molecule has 2 fully saturated rings. The molecule has 0 aromatic heterocycles. The molecule has 2 aliphatic rings. The average molecular weight is 155 g/mol. The van der Waals surface area contributed by atoms with E-state index in [9.17, 15) is 9.90 Å². The lowest BCUT2D eigenvalue weighted by molar-refractivity contribution is -0.737. The highest BCUT2D eigenvalue weighted by molar-refractivity contribution is 5.75.